The number of aromatic amines is 1. The van der Waals surface area contributed by atoms with E-state index < -0.39 is 0 Å². The first-order valence-corrected chi connectivity index (χ1v) is 10.7. The second-order valence-corrected chi connectivity index (χ2v) is 8.05. The molecule has 0 bridgehead atoms. The lowest BCUT2D eigenvalue weighted by Gasteiger charge is -2.29. The maximum atomic E-state index is 13.5. The minimum atomic E-state index is -0.226. The molecule has 30 heavy (non-hydrogen) atoms. The number of nitrogens with zero attached hydrogens (tertiary/aromatic N) is 2. The first-order chi connectivity index (χ1) is 14.7. The van der Waals surface area contributed by atoms with Crippen molar-refractivity contribution >= 4 is 5.57 Å². The SMILES string of the molecule is CCO[C@H]1C[C@@H]2CC(c3c[nH]c(-c4ccc(F)cc4)c3-c3ccncc3)=CCN2C1. The molecule has 4 nitrogen and oxygen atoms in total. The number of fused-ring (bicyclic) bond motifs is 1. The van der Waals surface area contributed by atoms with Gasteiger partial charge in [-0.05, 0) is 72.9 Å². The Morgan fingerprint density at radius 1 is 1.13 bits per heavy atom. The summed E-state index contributed by atoms with van der Waals surface area (Å²) in [7, 11) is 0. The molecule has 4 heterocycles. The van der Waals surface area contributed by atoms with Crippen molar-refractivity contribution in [2.45, 2.75) is 31.9 Å². The third-order valence-electron chi connectivity index (χ3n) is 6.25. The summed E-state index contributed by atoms with van der Waals surface area (Å²) in [4.78, 5) is 10.2. The molecule has 2 atom stereocenters. The average Bonchev–Trinajstić information content (AvgIpc) is 3.38. The number of hydrogen-bond acceptors (Lipinski definition) is 3. The van der Waals surface area contributed by atoms with Crippen molar-refractivity contribution in [2.24, 2.45) is 0 Å². The zero-order chi connectivity index (χ0) is 20.5. The van der Waals surface area contributed by atoms with E-state index in [0.29, 0.717) is 12.1 Å². The van der Waals surface area contributed by atoms with Crippen LogP contribution < -0.4 is 0 Å². The molecule has 0 amide bonds. The number of pyridine rings is 1. The third kappa shape index (κ3) is 3.59. The minimum absolute atomic E-state index is 0.226. The van der Waals surface area contributed by atoms with Crippen LogP contribution in [0.5, 0.6) is 0 Å². The Labute approximate surface area is 176 Å². The maximum Gasteiger partial charge on any atom is 0.123 e. The van der Waals surface area contributed by atoms with Crippen molar-refractivity contribution in [1.82, 2.24) is 14.9 Å². The molecule has 5 heteroatoms. The second-order valence-electron chi connectivity index (χ2n) is 8.05. The lowest BCUT2D eigenvalue weighted by atomic mass is 9.89. The number of nitrogens with one attached hydrogen (secondary N) is 1. The Morgan fingerprint density at radius 3 is 2.70 bits per heavy atom. The van der Waals surface area contributed by atoms with Gasteiger partial charge in [0.15, 0.2) is 0 Å². The third-order valence-corrected chi connectivity index (χ3v) is 6.25. The van der Waals surface area contributed by atoms with Crippen LogP contribution in [0.1, 0.15) is 25.3 Å². The summed E-state index contributed by atoms with van der Waals surface area (Å²) in [6.45, 7) is 4.82. The van der Waals surface area contributed by atoms with Crippen LogP contribution in [0.25, 0.3) is 28.0 Å². The van der Waals surface area contributed by atoms with Crippen LogP contribution in [-0.4, -0.2) is 46.7 Å². The highest BCUT2D eigenvalue weighted by atomic mass is 19.1. The fourth-order valence-corrected chi connectivity index (χ4v) is 4.85. The van der Waals surface area contributed by atoms with E-state index in [-0.39, 0.29) is 5.82 Å². The Hall–Kier alpha value is -2.76. The summed E-state index contributed by atoms with van der Waals surface area (Å²) < 4.78 is 19.4. The van der Waals surface area contributed by atoms with Crippen LogP contribution in [0.3, 0.4) is 0 Å². The summed E-state index contributed by atoms with van der Waals surface area (Å²) in [5, 5.41) is 0. The van der Waals surface area contributed by atoms with Crippen molar-refractivity contribution in [3.05, 3.63) is 72.4 Å². The Bertz CT molecular complexity index is 1040. The molecule has 1 saturated heterocycles. The Morgan fingerprint density at radius 2 is 1.93 bits per heavy atom. The first kappa shape index (κ1) is 19.2. The van der Waals surface area contributed by atoms with Gasteiger partial charge in [0.25, 0.3) is 0 Å². The molecule has 0 spiro atoms. The predicted octanol–water partition coefficient (Wildman–Crippen LogP) is 5.15. The van der Waals surface area contributed by atoms with E-state index in [4.69, 9.17) is 4.74 Å². The van der Waals surface area contributed by atoms with Crippen LogP contribution in [-0.2, 0) is 4.74 Å². The molecule has 1 aromatic carbocycles. The number of aromatic nitrogens is 2. The average molecular weight is 404 g/mol. The standard InChI is InChI=1S/C25H26FN3O/c1-2-30-22-14-21-13-19(9-12-29(21)16-22)23-15-28-25(18-3-5-20(26)6-4-18)24(23)17-7-10-27-11-8-17/h3-11,15,21-22,28H,2,12-14,16H2,1H3/t21-,22-/m0/s1. The number of hydrogen-bond donors (Lipinski definition) is 1. The van der Waals surface area contributed by atoms with Gasteiger partial charge in [-0.3, -0.25) is 9.88 Å². The van der Waals surface area contributed by atoms with Gasteiger partial charge in [-0.25, -0.2) is 4.39 Å². The van der Waals surface area contributed by atoms with E-state index in [1.165, 1.54) is 23.3 Å². The Balaban J connectivity index is 1.52. The quantitative estimate of drug-likeness (QED) is 0.641. The number of halogens is 1. The Kier molecular flexibility index (Phi) is 5.23. The number of rotatable bonds is 5. The first-order valence-electron chi connectivity index (χ1n) is 10.7. The van der Waals surface area contributed by atoms with E-state index >= 15 is 0 Å². The molecule has 1 fully saturated rings. The highest BCUT2D eigenvalue weighted by Crippen LogP contribution is 2.41. The van der Waals surface area contributed by atoms with Crippen molar-refractivity contribution in [3.8, 4) is 22.4 Å². The molecule has 0 saturated carbocycles. The monoisotopic (exact) mass is 403 g/mol. The lowest BCUT2D eigenvalue weighted by Crippen LogP contribution is -2.33. The minimum Gasteiger partial charge on any atom is -0.377 e. The number of ether oxygens (including phenoxy) is 1. The maximum absolute atomic E-state index is 13.5. The van der Waals surface area contributed by atoms with Crippen LogP contribution in [0.4, 0.5) is 4.39 Å². The van der Waals surface area contributed by atoms with E-state index in [0.717, 1.165) is 54.9 Å². The largest absolute Gasteiger partial charge is 0.377 e. The van der Waals surface area contributed by atoms with Gasteiger partial charge in [-0.2, -0.15) is 0 Å². The molecule has 3 aromatic rings. The number of H-pyrrole nitrogens is 1. The summed E-state index contributed by atoms with van der Waals surface area (Å²) in [5.41, 5.74) is 6.85. The summed E-state index contributed by atoms with van der Waals surface area (Å²) in [6.07, 6.45) is 10.5. The molecular formula is C25H26FN3O. The normalized spacial score (nSPS) is 21.5. The van der Waals surface area contributed by atoms with Crippen LogP contribution in [0.2, 0.25) is 0 Å². The molecule has 2 aromatic heterocycles. The smallest absolute Gasteiger partial charge is 0.123 e. The van der Waals surface area contributed by atoms with E-state index in [1.807, 2.05) is 36.7 Å². The number of benzene rings is 1. The second kappa shape index (κ2) is 8.17. The summed E-state index contributed by atoms with van der Waals surface area (Å²) in [6, 6.07) is 11.3. The summed E-state index contributed by atoms with van der Waals surface area (Å²) in [5.74, 6) is -0.226. The fourth-order valence-electron chi connectivity index (χ4n) is 4.85. The molecule has 1 N–H and O–H groups in total. The van der Waals surface area contributed by atoms with Gasteiger partial charge in [0, 0.05) is 55.5 Å². The van der Waals surface area contributed by atoms with Gasteiger partial charge in [-0.15, -0.1) is 0 Å². The molecule has 2 aliphatic rings. The van der Waals surface area contributed by atoms with Crippen molar-refractivity contribution in [1.29, 1.82) is 0 Å². The van der Waals surface area contributed by atoms with Crippen molar-refractivity contribution in [3.63, 3.8) is 0 Å². The molecule has 0 aliphatic carbocycles. The van der Waals surface area contributed by atoms with Gasteiger partial charge in [0.2, 0.25) is 0 Å². The van der Waals surface area contributed by atoms with Crippen LogP contribution in [0, 0.1) is 5.82 Å². The van der Waals surface area contributed by atoms with E-state index in [9.17, 15) is 4.39 Å². The summed E-state index contributed by atoms with van der Waals surface area (Å²) >= 11 is 0. The molecule has 0 unspecified atom stereocenters. The highest BCUT2D eigenvalue weighted by molar-refractivity contribution is 5.91. The van der Waals surface area contributed by atoms with E-state index in [2.05, 4.69) is 34.1 Å². The van der Waals surface area contributed by atoms with Crippen LogP contribution >= 0.6 is 0 Å². The van der Waals surface area contributed by atoms with Gasteiger partial charge < -0.3 is 9.72 Å². The van der Waals surface area contributed by atoms with Gasteiger partial charge in [-0.1, -0.05) is 6.08 Å². The van der Waals surface area contributed by atoms with Gasteiger partial charge in [0.1, 0.15) is 5.82 Å². The van der Waals surface area contributed by atoms with Gasteiger partial charge >= 0.3 is 0 Å². The predicted molar refractivity (Wildman–Crippen MR) is 117 cm³/mol. The van der Waals surface area contributed by atoms with E-state index in [1.54, 1.807) is 0 Å². The van der Waals surface area contributed by atoms with Crippen LogP contribution in [0.15, 0.2) is 61.1 Å². The van der Waals surface area contributed by atoms with Gasteiger partial charge in [0.05, 0.1) is 11.8 Å². The molecule has 154 valence electrons. The molecular weight excluding hydrogens is 377 g/mol. The zero-order valence-corrected chi connectivity index (χ0v) is 17.1. The molecule has 0 radical (unpaired) electrons. The molecule has 5 rings (SSSR count). The fraction of sp³-hybridized carbons (Fsp3) is 0.320. The highest BCUT2D eigenvalue weighted by Gasteiger charge is 2.35. The topological polar surface area (TPSA) is 41.1 Å². The lowest BCUT2D eigenvalue weighted by molar-refractivity contribution is 0.0698. The van der Waals surface area contributed by atoms with Crippen molar-refractivity contribution in [2.75, 3.05) is 19.7 Å². The molecule has 2 aliphatic heterocycles. The zero-order valence-electron chi connectivity index (χ0n) is 17.1. The van der Waals surface area contributed by atoms with Crippen molar-refractivity contribution < 1.29 is 9.13 Å².